The highest BCUT2D eigenvalue weighted by Crippen LogP contribution is 2.38. The fourth-order valence-electron chi connectivity index (χ4n) is 2.21. The monoisotopic (exact) mass is 219 g/mol. The molecule has 0 aliphatic heterocycles. The number of rotatable bonds is 1. The van der Waals surface area contributed by atoms with Gasteiger partial charge in [0.05, 0.1) is 6.07 Å². The van der Waals surface area contributed by atoms with Crippen molar-refractivity contribution in [2.45, 2.75) is 11.2 Å². The van der Waals surface area contributed by atoms with E-state index in [0.717, 1.165) is 0 Å². The molecule has 3 aliphatic rings. The number of nitriles is 1. The van der Waals surface area contributed by atoms with Crippen LogP contribution in [-0.2, 0) is 10.8 Å². The van der Waals surface area contributed by atoms with Crippen LogP contribution in [0.1, 0.15) is 6.42 Å². The molecular formula is C12H13NOS. The minimum atomic E-state index is -1.13. The largest absolute Gasteiger partial charge is 0.258 e. The average Bonchev–Trinajstić information content (AvgIpc) is 2.17. The third-order valence-corrected chi connectivity index (χ3v) is 4.69. The summed E-state index contributed by atoms with van der Waals surface area (Å²) in [4.78, 5) is 0. The van der Waals surface area contributed by atoms with Crippen LogP contribution in [-0.4, -0.2) is 15.2 Å². The van der Waals surface area contributed by atoms with Crippen LogP contribution in [0.15, 0.2) is 36.5 Å². The molecular weight excluding hydrogens is 206 g/mol. The summed E-state index contributed by atoms with van der Waals surface area (Å²) < 4.78 is 11.1. The van der Waals surface area contributed by atoms with Crippen molar-refractivity contribution < 1.29 is 4.21 Å². The van der Waals surface area contributed by atoms with Gasteiger partial charge < -0.3 is 0 Å². The number of hydrogen-bond acceptors (Lipinski definition) is 2. The molecule has 3 aliphatic carbocycles. The second kappa shape index (κ2) is 3.79. The first kappa shape index (κ1) is 10.4. The van der Waals surface area contributed by atoms with E-state index in [1.807, 2.05) is 24.3 Å². The summed E-state index contributed by atoms with van der Waals surface area (Å²) in [6.45, 7) is 0. The van der Waals surface area contributed by atoms with Crippen LogP contribution < -0.4 is 0 Å². The number of allylic oxidation sites excluding steroid dienone is 6. The van der Waals surface area contributed by atoms with Crippen LogP contribution >= 0.6 is 0 Å². The van der Waals surface area contributed by atoms with Gasteiger partial charge in [-0.25, -0.2) is 0 Å². The summed E-state index contributed by atoms with van der Waals surface area (Å²) in [5, 5.41) is 9.32. The van der Waals surface area contributed by atoms with Crippen molar-refractivity contribution in [3.05, 3.63) is 36.5 Å². The Labute approximate surface area is 92.4 Å². The molecule has 2 bridgehead atoms. The van der Waals surface area contributed by atoms with E-state index in [1.54, 1.807) is 6.26 Å². The minimum Gasteiger partial charge on any atom is -0.258 e. The third kappa shape index (κ3) is 1.59. The van der Waals surface area contributed by atoms with Crippen molar-refractivity contribution in [1.82, 2.24) is 0 Å². The minimum absolute atomic E-state index is 0.0190. The molecule has 0 fully saturated rings. The highest BCUT2D eigenvalue weighted by atomic mass is 32.2. The molecule has 0 aromatic heterocycles. The molecule has 2 unspecified atom stereocenters. The van der Waals surface area contributed by atoms with E-state index in [-0.39, 0.29) is 11.8 Å². The van der Waals surface area contributed by atoms with Gasteiger partial charge in [0, 0.05) is 23.0 Å². The third-order valence-electron chi connectivity index (χ3n) is 3.13. The second-order valence-electron chi connectivity index (χ2n) is 4.00. The Morgan fingerprint density at radius 2 is 2.07 bits per heavy atom. The molecule has 0 heterocycles. The quantitative estimate of drug-likeness (QED) is 0.632. The van der Waals surface area contributed by atoms with Gasteiger partial charge in [-0.15, -0.1) is 0 Å². The summed E-state index contributed by atoms with van der Waals surface area (Å²) in [6, 6.07) is 2.28. The van der Waals surface area contributed by atoms with Gasteiger partial charge in [-0.2, -0.15) is 5.26 Å². The number of hydrogen-bond donors (Lipinski definition) is 0. The van der Waals surface area contributed by atoms with Gasteiger partial charge in [-0.05, 0) is 12.3 Å². The molecule has 0 saturated heterocycles. The highest BCUT2D eigenvalue weighted by Gasteiger charge is 2.44. The zero-order valence-electron chi connectivity index (χ0n) is 8.59. The van der Waals surface area contributed by atoms with E-state index in [9.17, 15) is 9.47 Å². The molecule has 0 saturated carbocycles. The summed E-state index contributed by atoms with van der Waals surface area (Å²) in [6.07, 6.45) is 14.4. The summed E-state index contributed by atoms with van der Waals surface area (Å²) in [5.41, 5.74) is 0. The maximum atomic E-state index is 11.8. The van der Waals surface area contributed by atoms with E-state index >= 15 is 0 Å². The molecule has 0 amide bonds. The molecule has 4 atom stereocenters. The SMILES string of the molecule is CS(=O)C1(C#N)C[C@@H]2C=C[C@H]1/C=C\C=C/2. The van der Waals surface area contributed by atoms with Gasteiger partial charge in [0.2, 0.25) is 0 Å². The lowest BCUT2D eigenvalue weighted by atomic mass is 9.77. The van der Waals surface area contributed by atoms with Gasteiger partial charge >= 0.3 is 0 Å². The van der Waals surface area contributed by atoms with Crippen molar-refractivity contribution in [2.75, 3.05) is 6.26 Å². The van der Waals surface area contributed by atoms with Crippen molar-refractivity contribution in [3.8, 4) is 6.07 Å². The number of fused-ring (bicyclic) bond motifs is 2. The van der Waals surface area contributed by atoms with Gasteiger partial charge in [-0.3, -0.25) is 4.21 Å². The molecule has 0 N–H and O–H groups in total. The average molecular weight is 219 g/mol. The molecule has 0 spiro atoms. The number of nitrogens with zero attached hydrogens (tertiary/aromatic N) is 1. The van der Waals surface area contributed by atoms with Gasteiger partial charge in [-0.1, -0.05) is 36.5 Å². The first-order valence-corrected chi connectivity index (χ1v) is 6.53. The van der Waals surface area contributed by atoms with Crippen molar-refractivity contribution in [2.24, 2.45) is 11.8 Å². The normalized spacial score (nSPS) is 43.7. The molecule has 15 heavy (non-hydrogen) atoms. The molecule has 3 heteroatoms. The molecule has 2 nitrogen and oxygen atoms in total. The topological polar surface area (TPSA) is 40.9 Å². The smallest absolute Gasteiger partial charge is 0.142 e. The van der Waals surface area contributed by atoms with Crippen molar-refractivity contribution in [1.29, 1.82) is 5.26 Å². The first-order valence-electron chi connectivity index (χ1n) is 4.97. The maximum absolute atomic E-state index is 11.8. The zero-order valence-corrected chi connectivity index (χ0v) is 9.41. The Hall–Kier alpha value is -1.14. The van der Waals surface area contributed by atoms with Crippen LogP contribution in [0.5, 0.6) is 0 Å². The van der Waals surface area contributed by atoms with Crippen molar-refractivity contribution >= 4 is 10.8 Å². The Kier molecular flexibility index (Phi) is 2.62. The molecule has 78 valence electrons. The lowest BCUT2D eigenvalue weighted by Crippen LogP contribution is -2.43. The fraction of sp³-hybridized carbons (Fsp3) is 0.417. The predicted molar refractivity (Wildman–Crippen MR) is 61.4 cm³/mol. The van der Waals surface area contributed by atoms with E-state index in [1.165, 1.54) is 0 Å². The highest BCUT2D eigenvalue weighted by molar-refractivity contribution is 7.86. The van der Waals surface area contributed by atoms with E-state index in [4.69, 9.17) is 0 Å². The fourth-order valence-corrected chi connectivity index (χ4v) is 3.30. The van der Waals surface area contributed by atoms with Crippen LogP contribution in [0.2, 0.25) is 0 Å². The lowest BCUT2D eigenvalue weighted by molar-refractivity contribution is 0.483. The predicted octanol–water partition coefficient (Wildman–Crippen LogP) is 1.95. The van der Waals surface area contributed by atoms with Gasteiger partial charge in [0.1, 0.15) is 4.75 Å². The summed E-state index contributed by atoms with van der Waals surface area (Å²) in [5.74, 6) is 0.226. The Balaban J connectivity index is 2.50. The van der Waals surface area contributed by atoms with E-state index < -0.39 is 15.5 Å². The zero-order chi connectivity index (χ0) is 10.9. The van der Waals surface area contributed by atoms with E-state index in [0.29, 0.717) is 6.42 Å². The van der Waals surface area contributed by atoms with Gasteiger partial charge in [0.15, 0.2) is 0 Å². The van der Waals surface area contributed by atoms with Crippen LogP contribution in [0, 0.1) is 23.2 Å². The molecule has 3 rings (SSSR count). The Morgan fingerprint density at radius 3 is 2.73 bits per heavy atom. The molecule has 0 aromatic carbocycles. The maximum Gasteiger partial charge on any atom is 0.142 e. The second-order valence-corrected chi connectivity index (χ2v) is 5.64. The van der Waals surface area contributed by atoms with Gasteiger partial charge in [0.25, 0.3) is 0 Å². The van der Waals surface area contributed by atoms with Crippen molar-refractivity contribution in [3.63, 3.8) is 0 Å². The lowest BCUT2D eigenvalue weighted by Gasteiger charge is -2.35. The van der Waals surface area contributed by atoms with E-state index in [2.05, 4.69) is 18.2 Å². The Bertz CT molecular complexity index is 416. The first-order chi connectivity index (χ1) is 7.19. The summed E-state index contributed by atoms with van der Waals surface area (Å²) in [7, 11) is -1.13. The van der Waals surface area contributed by atoms with Crippen LogP contribution in [0.4, 0.5) is 0 Å². The van der Waals surface area contributed by atoms with Crippen LogP contribution in [0.25, 0.3) is 0 Å². The van der Waals surface area contributed by atoms with Crippen LogP contribution in [0.3, 0.4) is 0 Å². The molecule has 0 radical (unpaired) electrons. The summed E-state index contributed by atoms with van der Waals surface area (Å²) >= 11 is 0. The standard InChI is InChI=1S/C12H13NOS/c1-15(14)12(9-13)8-10-4-2-3-5-11(12)7-6-10/h2-7,10-11H,8H2,1H3/b4-2-,5-3-/t10-,11+,12?,15?/m0/s1. The Morgan fingerprint density at radius 1 is 1.33 bits per heavy atom. The molecule has 0 aromatic rings.